The Hall–Kier alpha value is -2.81. The molecule has 19 heteroatoms. The average Bonchev–Trinajstić information content (AvgIpc) is 2.91. The van der Waals surface area contributed by atoms with E-state index in [9.17, 15) is 33.6 Å². The van der Waals surface area contributed by atoms with Crippen LogP contribution in [0.25, 0.3) is 10.4 Å². The molecule has 6 N–H and O–H groups in total. The number of aliphatic hydroxyl groups is 4. The molecular weight excluding hydrogens is 564 g/mol. The molecule has 0 aromatic heterocycles. The van der Waals surface area contributed by atoms with Crippen LogP contribution in [0.1, 0.15) is 10.4 Å². The van der Waals surface area contributed by atoms with Crippen LogP contribution in [0.4, 0.5) is 0 Å². The number of nitrogens with zero attached hydrogens (tertiary/aromatic N) is 3. The molecule has 1 aliphatic rings. The number of carbonyl (C=O) groups excluding carboxylic acids is 1. The Morgan fingerprint density at radius 1 is 1.00 bits per heavy atom. The fourth-order valence-corrected chi connectivity index (χ4v) is 3.60. The van der Waals surface area contributed by atoms with Crippen LogP contribution in [0.3, 0.4) is 0 Å². The van der Waals surface area contributed by atoms with Gasteiger partial charge in [-0.2, -0.15) is 8.42 Å². The first-order valence-electron chi connectivity index (χ1n) is 11.9. The van der Waals surface area contributed by atoms with Gasteiger partial charge in [0, 0.05) is 23.6 Å². The predicted molar refractivity (Wildman–Crippen MR) is 132 cm³/mol. The fraction of sp³-hybridized carbons (Fsp3) is 0.667. The summed E-state index contributed by atoms with van der Waals surface area (Å²) in [6.07, 6.45) is -8.22. The van der Waals surface area contributed by atoms with E-state index in [-0.39, 0.29) is 38.5 Å². The molecule has 226 valence electrons. The van der Waals surface area contributed by atoms with Gasteiger partial charge in [0.1, 0.15) is 24.4 Å². The SMILES string of the molecule is [N-]=[N+]=NCCOCCOCCOCCNC(=O)c1ccc(O[C@@H]2O[C@H](CO)[C@H](O)[C@H](O)[C@H]2O)c(OS(=O)(=O)O)c1. The molecule has 1 saturated heterocycles. The summed E-state index contributed by atoms with van der Waals surface area (Å²) in [5, 5.41) is 45.1. The number of hydrogen-bond acceptors (Lipinski definition) is 14. The van der Waals surface area contributed by atoms with Gasteiger partial charge >= 0.3 is 10.4 Å². The van der Waals surface area contributed by atoms with Crippen molar-refractivity contribution < 1.29 is 66.1 Å². The van der Waals surface area contributed by atoms with Gasteiger partial charge in [-0.3, -0.25) is 9.35 Å². The second-order valence-corrected chi connectivity index (χ2v) is 9.06. The van der Waals surface area contributed by atoms with Crippen LogP contribution in [0.2, 0.25) is 0 Å². The van der Waals surface area contributed by atoms with Gasteiger partial charge in [0.25, 0.3) is 5.91 Å². The summed E-state index contributed by atoms with van der Waals surface area (Å²) in [6, 6.07) is 3.24. The number of hydrogen-bond donors (Lipinski definition) is 6. The molecule has 0 aliphatic carbocycles. The number of azide groups is 1. The summed E-state index contributed by atoms with van der Waals surface area (Å²) in [5.74, 6) is -1.72. The van der Waals surface area contributed by atoms with E-state index in [4.69, 9.17) is 33.8 Å². The van der Waals surface area contributed by atoms with Gasteiger partial charge in [0.05, 0.1) is 46.2 Å². The lowest BCUT2D eigenvalue weighted by Crippen LogP contribution is -2.60. The molecule has 0 spiro atoms. The van der Waals surface area contributed by atoms with E-state index < -0.39 is 65.1 Å². The molecule has 1 heterocycles. The largest absolute Gasteiger partial charge is 0.458 e. The zero-order chi connectivity index (χ0) is 29.5. The van der Waals surface area contributed by atoms with Gasteiger partial charge in [-0.25, -0.2) is 0 Å². The third kappa shape index (κ3) is 11.4. The Kier molecular flexibility index (Phi) is 14.3. The van der Waals surface area contributed by atoms with E-state index in [1.54, 1.807) is 0 Å². The van der Waals surface area contributed by atoms with Crippen molar-refractivity contribution in [2.45, 2.75) is 30.7 Å². The zero-order valence-corrected chi connectivity index (χ0v) is 22.0. The third-order valence-electron chi connectivity index (χ3n) is 5.17. The average molecular weight is 597 g/mol. The molecular formula is C21H32N4O14S. The molecule has 40 heavy (non-hydrogen) atoms. The molecule has 1 aliphatic heterocycles. The molecule has 1 aromatic rings. The summed E-state index contributed by atoms with van der Waals surface area (Å²) in [4.78, 5) is 15.1. The van der Waals surface area contributed by atoms with Crippen LogP contribution >= 0.6 is 0 Å². The van der Waals surface area contributed by atoms with Crippen molar-refractivity contribution in [3.63, 3.8) is 0 Å². The Bertz CT molecular complexity index is 1090. The molecule has 18 nitrogen and oxygen atoms in total. The van der Waals surface area contributed by atoms with Gasteiger partial charge in [-0.15, -0.1) is 0 Å². The first-order valence-corrected chi connectivity index (χ1v) is 13.2. The Labute approximate surface area is 228 Å². The van der Waals surface area contributed by atoms with Gasteiger partial charge in [0.2, 0.25) is 6.29 Å². The maximum Gasteiger partial charge on any atom is 0.446 e. The van der Waals surface area contributed by atoms with Crippen molar-refractivity contribution in [1.29, 1.82) is 0 Å². The van der Waals surface area contributed by atoms with Crippen molar-refractivity contribution >= 4 is 16.3 Å². The normalized spacial score (nSPS) is 22.8. The maximum absolute atomic E-state index is 12.5. The summed E-state index contributed by atoms with van der Waals surface area (Å²) < 4.78 is 62.6. The van der Waals surface area contributed by atoms with E-state index in [0.29, 0.717) is 19.8 Å². The number of benzene rings is 1. The number of rotatable bonds is 18. The van der Waals surface area contributed by atoms with Crippen LogP contribution in [0.15, 0.2) is 23.3 Å². The van der Waals surface area contributed by atoms with Crippen LogP contribution in [0.5, 0.6) is 11.5 Å². The highest BCUT2D eigenvalue weighted by Gasteiger charge is 2.45. The predicted octanol–water partition coefficient (Wildman–Crippen LogP) is -1.86. The van der Waals surface area contributed by atoms with Crippen molar-refractivity contribution in [2.75, 3.05) is 59.3 Å². The first-order chi connectivity index (χ1) is 19.1. The lowest BCUT2D eigenvalue weighted by molar-refractivity contribution is -0.277. The number of carbonyl (C=O) groups is 1. The number of nitrogens with one attached hydrogen (secondary N) is 1. The minimum atomic E-state index is -5.07. The standard InChI is InChI=1S/C21H32N4O14S/c22-25-24-4-6-35-8-10-36-9-7-34-5-3-23-20(30)13-1-2-14(15(11-13)39-40(31,32)33)37-21-19(29)18(28)17(27)16(12-26)38-21/h1-2,11,16-19,21,26-29H,3-10,12H2,(H,23,30)(H,31,32,33)/t16-,17+,18+,19-,21-/m1/s1. The summed E-state index contributed by atoms with van der Waals surface area (Å²) in [5.41, 5.74) is 8.04. The molecule has 1 amide bonds. The first kappa shape index (κ1) is 33.4. The smallest absolute Gasteiger partial charge is 0.446 e. The van der Waals surface area contributed by atoms with Crippen LogP contribution in [-0.2, 0) is 29.3 Å². The fourth-order valence-electron chi connectivity index (χ4n) is 3.25. The Balaban J connectivity index is 1.85. The second-order valence-electron chi connectivity index (χ2n) is 8.04. The Morgan fingerprint density at radius 3 is 2.27 bits per heavy atom. The maximum atomic E-state index is 12.5. The van der Waals surface area contributed by atoms with Crippen LogP contribution < -0.4 is 14.2 Å². The van der Waals surface area contributed by atoms with Gasteiger partial charge in [0.15, 0.2) is 11.5 Å². The third-order valence-corrected chi connectivity index (χ3v) is 5.56. The monoisotopic (exact) mass is 596 g/mol. The van der Waals surface area contributed by atoms with Crippen LogP contribution in [-0.4, -0.2) is 129 Å². The molecule has 5 atom stereocenters. The van der Waals surface area contributed by atoms with Crippen molar-refractivity contribution in [2.24, 2.45) is 5.11 Å². The van der Waals surface area contributed by atoms with Crippen molar-refractivity contribution in [3.8, 4) is 11.5 Å². The number of ether oxygens (including phenoxy) is 5. The summed E-state index contributed by atoms with van der Waals surface area (Å²) >= 11 is 0. The van der Waals surface area contributed by atoms with Gasteiger partial charge in [-0.05, 0) is 23.7 Å². The Morgan fingerprint density at radius 2 is 1.65 bits per heavy atom. The summed E-state index contributed by atoms with van der Waals surface area (Å²) in [6.45, 7) is 1.17. The number of amides is 1. The van der Waals surface area contributed by atoms with E-state index in [1.165, 1.54) is 6.07 Å². The lowest BCUT2D eigenvalue weighted by Gasteiger charge is -2.39. The highest BCUT2D eigenvalue weighted by Crippen LogP contribution is 2.33. The second kappa shape index (κ2) is 17.1. The topological polar surface area (TPSA) is 269 Å². The zero-order valence-electron chi connectivity index (χ0n) is 21.1. The highest BCUT2D eigenvalue weighted by atomic mass is 32.3. The van der Waals surface area contributed by atoms with E-state index in [2.05, 4.69) is 19.5 Å². The quantitative estimate of drug-likeness (QED) is 0.0357. The lowest BCUT2D eigenvalue weighted by atomic mass is 9.99. The molecule has 0 bridgehead atoms. The minimum absolute atomic E-state index is 0.0823. The number of aliphatic hydroxyl groups excluding tert-OH is 4. The molecule has 0 saturated carbocycles. The van der Waals surface area contributed by atoms with Crippen molar-refractivity contribution in [1.82, 2.24) is 5.32 Å². The molecule has 1 fully saturated rings. The molecule has 0 radical (unpaired) electrons. The highest BCUT2D eigenvalue weighted by molar-refractivity contribution is 7.81. The van der Waals surface area contributed by atoms with E-state index in [0.717, 1.165) is 12.1 Å². The molecule has 0 unspecified atom stereocenters. The van der Waals surface area contributed by atoms with E-state index in [1.807, 2.05) is 0 Å². The summed E-state index contributed by atoms with van der Waals surface area (Å²) in [7, 11) is -5.07. The molecule has 2 rings (SSSR count). The van der Waals surface area contributed by atoms with Crippen LogP contribution in [0, 0.1) is 0 Å². The minimum Gasteiger partial charge on any atom is -0.458 e. The van der Waals surface area contributed by atoms with Crippen molar-refractivity contribution in [3.05, 3.63) is 34.2 Å². The van der Waals surface area contributed by atoms with Gasteiger partial charge in [-0.1, -0.05) is 5.11 Å². The molecule has 1 aromatic carbocycles. The van der Waals surface area contributed by atoms with Gasteiger partial charge < -0.3 is 53.6 Å². The van der Waals surface area contributed by atoms with E-state index >= 15 is 0 Å².